The third-order valence-electron chi connectivity index (χ3n) is 2.27. The first-order valence-electron chi connectivity index (χ1n) is 5.00. The number of aliphatic hydroxyl groups is 2. The van der Waals surface area contributed by atoms with Crippen LogP contribution in [0, 0.1) is 0 Å². The van der Waals surface area contributed by atoms with Gasteiger partial charge in [-0.15, -0.1) is 11.3 Å². The zero-order chi connectivity index (χ0) is 14.8. The van der Waals surface area contributed by atoms with E-state index in [-0.39, 0.29) is 14.1 Å². The van der Waals surface area contributed by atoms with Gasteiger partial charge in [0.1, 0.15) is 8.55 Å². The summed E-state index contributed by atoms with van der Waals surface area (Å²) in [6, 6.07) is 1.05. The Kier molecular flexibility index (Phi) is 4.93. The van der Waals surface area contributed by atoms with E-state index in [1.54, 1.807) is 0 Å². The molecule has 1 amide bonds. The van der Waals surface area contributed by atoms with Crippen LogP contribution in [0.3, 0.4) is 0 Å². The Hall–Kier alpha value is -0.710. The molecule has 5 N–H and O–H groups in total. The lowest BCUT2D eigenvalue weighted by atomic mass is 10.1. The quantitative estimate of drug-likeness (QED) is 0.560. The number of rotatable bonds is 6. The summed E-state index contributed by atoms with van der Waals surface area (Å²) < 4.78 is 25.9. The minimum absolute atomic E-state index is 0.0393. The van der Waals surface area contributed by atoms with E-state index in [2.05, 4.69) is 4.72 Å². The SMILES string of the molecule is CC(CO)(CO)NS(=O)(=O)c1cc(C(N)=O)c(Cl)s1. The largest absolute Gasteiger partial charge is 0.394 e. The van der Waals surface area contributed by atoms with Crippen LogP contribution in [0.25, 0.3) is 0 Å². The Labute approximate surface area is 119 Å². The number of hydrogen-bond donors (Lipinski definition) is 4. The Morgan fingerprint density at radius 3 is 2.42 bits per heavy atom. The van der Waals surface area contributed by atoms with Crippen molar-refractivity contribution in [2.45, 2.75) is 16.7 Å². The molecule has 0 unspecified atom stereocenters. The topological polar surface area (TPSA) is 130 Å². The van der Waals surface area contributed by atoms with Crippen LogP contribution in [0.1, 0.15) is 17.3 Å². The molecule has 0 aliphatic carbocycles. The van der Waals surface area contributed by atoms with E-state index in [1.165, 1.54) is 6.92 Å². The van der Waals surface area contributed by atoms with Crippen LogP contribution in [-0.4, -0.2) is 43.3 Å². The molecule has 0 aliphatic rings. The molecule has 0 aliphatic heterocycles. The van der Waals surface area contributed by atoms with Gasteiger partial charge >= 0.3 is 0 Å². The number of halogens is 1. The highest BCUT2D eigenvalue weighted by molar-refractivity contribution is 7.91. The molecule has 7 nitrogen and oxygen atoms in total. The number of hydrogen-bond acceptors (Lipinski definition) is 6. The van der Waals surface area contributed by atoms with Crippen molar-refractivity contribution in [2.75, 3.05) is 13.2 Å². The first kappa shape index (κ1) is 16.3. The summed E-state index contributed by atoms with van der Waals surface area (Å²) in [4.78, 5) is 11.0. The van der Waals surface area contributed by atoms with Gasteiger partial charge in [0.2, 0.25) is 0 Å². The van der Waals surface area contributed by atoms with Gasteiger partial charge in [-0.2, -0.15) is 4.72 Å². The molecule has 19 heavy (non-hydrogen) atoms. The molecular formula is C9H13ClN2O5S2. The Bertz CT molecular complexity index is 579. The van der Waals surface area contributed by atoms with Crippen molar-refractivity contribution >= 4 is 38.9 Å². The fraction of sp³-hybridized carbons (Fsp3) is 0.444. The molecule has 1 aromatic rings. The molecule has 0 spiro atoms. The highest BCUT2D eigenvalue weighted by atomic mass is 35.5. The van der Waals surface area contributed by atoms with Crippen molar-refractivity contribution in [1.82, 2.24) is 4.72 Å². The van der Waals surface area contributed by atoms with Gasteiger partial charge in [-0.1, -0.05) is 11.6 Å². The molecular weight excluding hydrogens is 316 g/mol. The van der Waals surface area contributed by atoms with Crippen molar-refractivity contribution in [1.29, 1.82) is 0 Å². The fourth-order valence-corrected chi connectivity index (χ4v) is 4.26. The van der Waals surface area contributed by atoms with Gasteiger partial charge in [-0.05, 0) is 13.0 Å². The van der Waals surface area contributed by atoms with Crippen LogP contribution in [0.4, 0.5) is 0 Å². The van der Waals surface area contributed by atoms with Crippen molar-refractivity contribution in [3.05, 3.63) is 16.0 Å². The van der Waals surface area contributed by atoms with Crippen LogP contribution in [0.5, 0.6) is 0 Å². The fourth-order valence-electron chi connectivity index (χ4n) is 1.14. The lowest BCUT2D eigenvalue weighted by molar-refractivity contribution is 0.100. The predicted octanol–water partition coefficient (Wildman–Crippen LogP) is -0.478. The zero-order valence-corrected chi connectivity index (χ0v) is 12.3. The van der Waals surface area contributed by atoms with Crippen molar-refractivity contribution < 1.29 is 23.4 Å². The number of sulfonamides is 1. The highest BCUT2D eigenvalue weighted by Gasteiger charge is 2.31. The van der Waals surface area contributed by atoms with E-state index in [1.807, 2.05) is 0 Å². The van der Waals surface area contributed by atoms with Crippen LogP contribution in [0.2, 0.25) is 4.34 Å². The van der Waals surface area contributed by atoms with E-state index >= 15 is 0 Å². The molecule has 108 valence electrons. The molecule has 1 heterocycles. The third kappa shape index (κ3) is 3.65. The Balaban J connectivity index is 3.15. The maximum Gasteiger partial charge on any atom is 0.251 e. The molecule has 0 fully saturated rings. The van der Waals surface area contributed by atoms with Crippen molar-refractivity contribution in [3.63, 3.8) is 0 Å². The van der Waals surface area contributed by atoms with Gasteiger partial charge in [0.25, 0.3) is 15.9 Å². The second-order valence-electron chi connectivity index (χ2n) is 4.10. The minimum atomic E-state index is -4.02. The van der Waals surface area contributed by atoms with Gasteiger partial charge in [-0.25, -0.2) is 8.42 Å². The molecule has 0 saturated carbocycles. The zero-order valence-electron chi connectivity index (χ0n) is 9.88. The Morgan fingerprint density at radius 1 is 1.53 bits per heavy atom. The van der Waals surface area contributed by atoms with Gasteiger partial charge < -0.3 is 15.9 Å². The van der Waals surface area contributed by atoms with Gasteiger partial charge in [0, 0.05) is 0 Å². The summed E-state index contributed by atoms with van der Waals surface area (Å²) in [5.41, 5.74) is 3.53. The molecule has 0 radical (unpaired) electrons. The number of thiophene rings is 1. The van der Waals surface area contributed by atoms with E-state index in [4.69, 9.17) is 27.5 Å². The molecule has 0 aromatic carbocycles. The average molecular weight is 329 g/mol. The summed E-state index contributed by atoms with van der Waals surface area (Å²) in [5.74, 6) is -0.838. The lowest BCUT2D eigenvalue weighted by Gasteiger charge is -2.25. The maximum absolute atomic E-state index is 12.0. The number of aliphatic hydroxyl groups excluding tert-OH is 2. The monoisotopic (exact) mass is 328 g/mol. The second-order valence-corrected chi connectivity index (χ2v) is 7.66. The van der Waals surface area contributed by atoms with Gasteiger partial charge in [-0.3, -0.25) is 4.79 Å². The smallest absolute Gasteiger partial charge is 0.251 e. The molecule has 1 rings (SSSR count). The Morgan fingerprint density at radius 2 is 2.05 bits per heavy atom. The van der Waals surface area contributed by atoms with Crippen molar-refractivity contribution in [2.24, 2.45) is 5.73 Å². The second kappa shape index (κ2) is 5.73. The van der Waals surface area contributed by atoms with Gasteiger partial charge in [0.05, 0.1) is 24.3 Å². The van der Waals surface area contributed by atoms with E-state index < -0.39 is 34.7 Å². The number of amides is 1. The van der Waals surface area contributed by atoms with Crippen LogP contribution >= 0.6 is 22.9 Å². The molecule has 1 aromatic heterocycles. The number of primary amides is 1. The molecule has 10 heteroatoms. The van der Waals surface area contributed by atoms with E-state index in [0.29, 0.717) is 11.3 Å². The lowest BCUT2D eigenvalue weighted by Crippen LogP contribution is -2.51. The summed E-state index contributed by atoms with van der Waals surface area (Å²) in [6.07, 6.45) is 0. The van der Waals surface area contributed by atoms with Gasteiger partial charge in [0.15, 0.2) is 0 Å². The third-order valence-corrected chi connectivity index (χ3v) is 5.74. The minimum Gasteiger partial charge on any atom is -0.394 e. The standard InChI is InChI=1S/C9H13ClN2O5S2/c1-9(3-13,4-14)12-19(16,17)6-2-5(8(11)15)7(10)18-6/h2,12-14H,3-4H2,1H3,(H2,11,15). The predicted molar refractivity (Wildman–Crippen MR) is 70.7 cm³/mol. The van der Waals surface area contributed by atoms with E-state index in [0.717, 1.165) is 6.07 Å². The van der Waals surface area contributed by atoms with Crippen LogP contribution < -0.4 is 10.5 Å². The summed E-state index contributed by atoms with van der Waals surface area (Å²) >= 11 is 6.37. The number of nitrogens with one attached hydrogen (secondary N) is 1. The normalized spacial score (nSPS) is 12.6. The summed E-state index contributed by atoms with van der Waals surface area (Å²) in [5, 5.41) is 18.1. The number of carbonyl (C=O) groups excluding carboxylic acids is 1. The first-order chi connectivity index (χ1) is 8.65. The maximum atomic E-state index is 12.0. The number of carbonyl (C=O) groups is 1. The first-order valence-corrected chi connectivity index (χ1v) is 7.68. The summed E-state index contributed by atoms with van der Waals surface area (Å²) in [7, 11) is -4.02. The average Bonchev–Trinajstić information content (AvgIpc) is 2.71. The highest BCUT2D eigenvalue weighted by Crippen LogP contribution is 2.31. The molecule has 0 bridgehead atoms. The molecule has 0 saturated heterocycles. The van der Waals surface area contributed by atoms with E-state index in [9.17, 15) is 13.2 Å². The molecule has 0 atom stereocenters. The van der Waals surface area contributed by atoms with Crippen LogP contribution in [0.15, 0.2) is 10.3 Å². The van der Waals surface area contributed by atoms with Crippen LogP contribution in [-0.2, 0) is 10.0 Å². The summed E-state index contributed by atoms with van der Waals surface area (Å²) in [6.45, 7) is 0.143. The van der Waals surface area contributed by atoms with Crippen molar-refractivity contribution in [3.8, 4) is 0 Å². The number of nitrogens with two attached hydrogens (primary N) is 1.